The first kappa shape index (κ1) is 72.4. The Balaban J connectivity index is 0.000000222. The second kappa shape index (κ2) is 37.6. The Kier molecular flexibility index (Phi) is 30.3. The number of methoxy groups -OCH3 is 1. The Bertz CT molecular complexity index is 4020. The van der Waals surface area contributed by atoms with Gasteiger partial charge in [-0.05, 0) is 261 Å². The van der Waals surface area contributed by atoms with Crippen LogP contribution in [-0.4, -0.2) is 16.7 Å². The molecule has 0 atom stereocenters. The van der Waals surface area contributed by atoms with Gasteiger partial charge in [-0.2, -0.15) is 15.8 Å². The number of nitrogens with zero attached hydrogens (tertiary/aromatic N) is 5. The highest BCUT2D eigenvalue weighted by atomic mass is 35.5. The van der Waals surface area contributed by atoms with Crippen LogP contribution in [0, 0.1) is 145 Å². The minimum absolute atomic E-state index is 0.573. The molecule has 9 aromatic carbocycles. The molecule has 0 radical (unpaired) electrons. The first-order chi connectivity index (χ1) is 43.1. The smallest absolute Gasteiger partial charge is 0.119 e. The van der Waals surface area contributed by atoms with Gasteiger partial charge in [0.2, 0.25) is 0 Å². The lowest BCUT2D eigenvalue weighted by molar-refractivity contribution is 0.414. The molecule has 2 aromatic heterocycles. The maximum atomic E-state index is 8.58. The van der Waals surface area contributed by atoms with Crippen molar-refractivity contribution in [3.63, 3.8) is 0 Å². The van der Waals surface area contributed by atoms with Gasteiger partial charge in [-0.25, -0.2) is 0 Å². The molecule has 0 N–H and O–H groups in total. The van der Waals surface area contributed by atoms with E-state index < -0.39 is 0 Å². The summed E-state index contributed by atoms with van der Waals surface area (Å²) in [6.07, 6.45) is 1.83. The summed E-state index contributed by atoms with van der Waals surface area (Å²) in [4.78, 5) is 4.35. The van der Waals surface area contributed by atoms with Crippen LogP contribution in [0.25, 0.3) is 28.1 Å². The Morgan fingerprint density at radius 1 is 0.356 bits per heavy atom. The van der Waals surface area contributed by atoms with Crippen molar-refractivity contribution in [1.82, 2.24) is 9.55 Å². The summed E-state index contributed by atoms with van der Waals surface area (Å²) >= 11 is 5.71. The van der Waals surface area contributed by atoms with Crippen LogP contribution >= 0.6 is 11.6 Å². The third-order valence-electron chi connectivity index (χ3n) is 15.6. The third-order valence-corrected chi connectivity index (χ3v) is 16.0. The number of ether oxygens (including phenoxy) is 1. The van der Waals surface area contributed by atoms with Gasteiger partial charge in [0.15, 0.2) is 0 Å². The molecule has 6 nitrogen and oxygen atoms in total. The zero-order valence-electron chi connectivity index (χ0n) is 55.9. The topological polar surface area (TPSA) is 98.4 Å². The molecule has 0 fully saturated rings. The predicted octanol–water partition coefficient (Wildman–Crippen LogP) is 22.2. The summed E-state index contributed by atoms with van der Waals surface area (Å²) in [5.41, 5.74) is 28.4. The SMILES string of the molecule is COc1ccc(C)c(C)c1.Cc1c(C#N)cccc1C#N.Cc1ccc(C)c(C)c1.Cc1cccc(-c2ccccc2)c1C.Cc1cccc(-c2ccccn2)c1C.Cc1cccc(-n2c(C)ccc2C)c1C.Cc1ccccc1C#N.Cc1ccccc1Cl. The molecule has 11 rings (SSSR count). The van der Waals surface area contributed by atoms with E-state index >= 15 is 0 Å². The van der Waals surface area contributed by atoms with E-state index in [4.69, 9.17) is 32.1 Å². The fourth-order valence-corrected chi connectivity index (χ4v) is 9.25. The van der Waals surface area contributed by atoms with Gasteiger partial charge in [0, 0.05) is 33.9 Å². The molecule has 0 aliphatic heterocycles. The summed E-state index contributed by atoms with van der Waals surface area (Å²) in [6.45, 7) is 33.5. The molecule has 7 heteroatoms. The number of hydrogen-bond donors (Lipinski definition) is 0. The van der Waals surface area contributed by atoms with E-state index in [2.05, 4.69) is 227 Å². The van der Waals surface area contributed by atoms with E-state index in [1.54, 1.807) is 32.2 Å². The molecular weight excluding hydrogens is 1120 g/mol. The molecule has 0 unspecified atom stereocenters. The zero-order chi connectivity index (χ0) is 66.3. The Morgan fingerprint density at radius 2 is 0.811 bits per heavy atom. The minimum Gasteiger partial charge on any atom is -0.497 e. The van der Waals surface area contributed by atoms with Crippen molar-refractivity contribution in [3.05, 3.63) is 336 Å². The number of nitriles is 3. The molecule has 11 aromatic rings. The van der Waals surface area contributed by atoms with Gasteiger partial charge in [-0.15, -0.1) is 0 Å². The molecule has 0 bridgehead atoms. The second-order valence-electron chi connectivity index (χ2n) is 22.2. The number of pyridine rings is 1. The van der Waals surface area contributed by atoms with Crippen molar-refractivity contribution < 1.29 is 4.74 Å². The fraction of sp³-hybridized carbons (Fsp3) is 0.205. The van der Waals surface area contributed by atoms with Gasteiger partial charge in [0.25, 0.3) is 0 Å². The first-order valence-corrected chi connectivity index (χ1v) is 30.5. The second-order valence-corrected chi connectivity index (χ2v) is 22.6. The lowest BCUT2D eigenvalue weighted by Crippen LogP contribution is -2.01. The molecule has 0 amide bonds. The highest BCUT2D eigenvalue weighted by molar-refractivity contribution is 6.31. The normalized spacial score (nSPS) is 9.63. The van der Waals surface area contributed by atoms with Crippen LogP contribution in [0.1, 0.15) is 106 Å². The summed E-state index contributed by atoms with van der Waals surface area (Å²) in [6, 6.07) is 79.2. The molecule has 0 saturated carbocycles. The van der Waals surface area contributed by atoms with E-state index in [-0.39, 0.29) is 0 Å². The molecule has 2 heterocycles. The van der Waals surface area contributed by atoms with Gasteiger partial charge in [0.1, 0.15) is 5.75 Å². The quantitative estimate of drug-likeness (QED) is 0.175. The third kappa shape index (κ3) is 22.6. The number of hydrogen-bond acceptors (Lipinski definition) is 5. The zero-order valence-corrected chi connectivity index (χ0v) is 56.6. The van der Waals surface area contributed by atoms with Crippen molar-refractivity contribution in [2.75, 3.05) is 7.11 Å². The van der Waals surface area contributed by atoms with E-state index in [0.717, 1.165) is 38.7 Å². The number of halogens is 1. The van der Waals surface area contributed by atoms with Crippen molar-refractivity contribution in [2.24, 2.45) is 0 Å². The highest BCUT2D eigenvalue weighted by Gasteiger charge is 2.08. The highest BCUT2D eigenvalue weighted by Crippen LogP contribution is 2.26. The maximum absolute atomic E-state index is 8.58. The van der Waals surface area contributed by atoms with Crippen LogP contribution in [0.5, 0.6) is 5.75 Å². The number of aryl methyl sites for hydroxylation is 12. The molecular formula is C83H88ClN5O. The monoisotopic (exact) mass is 1210 g/mol. The first-order valence-electron chi connectivity index (χ1n) is 30.1. The average Bonchev–Trinajstić information content (AvgIpc) is 2.90. The van der Waals surface area contributed by atoms with Crippen LogP contribution in [0.2, 0.25) is 5.02 Å². The van der Waals surface area contributed by atoms with Gasteiger partial charge in [0.05, 0.1) is 47.7 Å². The van der Waals surface area contributed by atoms with Crippen LogP contribution < -0.4 is 4.74 Å². The Morgan fingerprint density at radius 3 is 1.29 bits per heavy atom. The van der Waals surface area contributed by atoms with E-state index in [9.17, 15) is 0 Å². The fourth-order valence-electron chi connectivity index (χ4n) is 9.12. The van der Waals surface area contributed by atoms with Gasteiger partial charge >= 0.3 is 0 Å². The largest absolute Gasteiger partial charge is 0.497 e. The van der Waals surface area contributed by atoms with Crippen LogP contribution in [-0.2, 0) is 0 Å². The van der Waals surface area contributed by atoms with Crippen molar-refractivity contribution in [3.8, 4) is 52.0 Å². The standard InChI is InChI=1S/C14H17N.C14H14.C13H13N.C9H6N2.C9H12O.C9H12.C8H7N.C7H7Cl/c1-10-6-5-7-14(13(10)4)15-11(2)8-9-12(15)3;1-11-7-6-10-14(12(11)2)13-8-4-3-5-9-13;1-10-6-5-7-12(11(10)2)13-8-3-4-9-14-13;1-7-8(5-10)3-2-4-9(7)6-11;1-7-4-5-9(10-3)6-8(7)2;1-7-4-5-8(2)9(3)6-7;1-7-4-2-3-5-8(7)6-9;1-6-4-2-3-5-7(6)8/h5-9H,1-4H3;3-10H,1-2H3;3-9H,1-2H3;2-4H,1H3;4-6H,1-3H3;4-6H,1-3H3;2-5H,1H3;2-5H,1H3. The van der Waals surface area contributed by atoms with E-state index in [1.165, 1.54) is 95.0 Å². The Labute approximate surface area is 544 Å². The summed E-state index contributed by atoms with van der Waals surface area (Å²) in [5.74, 6) is 0.933. The van der Waals surface area contributed by atoms with E-state index in [1.807, 2.05) is 111 Å². The summed E-state index contributed by atoms with van der Waals surface area (Å²) in [7, 11) is 1.68. The van der Waals surface area contributed by atoms with Crippen LogP contribution in [0.15, 0.2) is 225 Å². The lowest BCUT2D eigenvalue weighted by Gasteiger charge is -2.14. The van der Waals surface area contributed by atoms with Crippen molar-refractivity contribution in [1.29, 1.82) is 15.8 Å². The Hall–Kier alpha value is -10.0. The molecule has 0 aliphatic rings. The van der Waals surface area contributed by atoms with Crippen LogP contribution in [0.3, 0.4) is 0 Å². The molecule has 458 valence electrons. The molecule has 0 saturated heterocycles. The summed E-state index contributed by atoms with van der Waals surface area (Å²) in [5, 5.41) is 26.5. The molecule has 0 spiro atoms. The average molecular weight is 1210 g/mol. The van der Waals surface area contributed by atoms with Crippen LogP contribution in [0.4, 0.5) is 0 Å². The van der Waals surface area contributed by atoms with E-state index in [0.29, 0.717) is 11.1 Å². The van der Waals surface area contributed by atoms with Gasteiger partial charge < -0.3 is 9.30 Å². The number of benzene rings is 9. The van der Waals surface area contributed by atoms with Crippen molar-refractivity contribution in [2.45, 2.75) is 111 Å². The number of aromatic nitrogens is 2. The predicted molar refractivity (Wildman–Crippen MR) is 381 cm³/mol. The van der Waals surface area contributed by atoms with Gasteiger partial charge in [-0.3, -0.25) is 4.98 Å². The maximum Gasteiger partial charge on any atom is 0.119 e. The molecule has 0 aliphatic carbocycles. The number of rotatable bonds is 4. The van der Waals surface area contributed by atoms with Crippen molar-refractivity contribution >= 4 is 11.6 Å². The molecule has 90 heavy (non-hydrogen) atoms. The summed E-state index contributed by atoms with van der Waals surface area (Å²) < 4.78 is 7.36. The lowest BCUT2D eigenvalue weighted by atomic mass is 9.97. The van der Waals surface area contributed by atoms with Gasteiger partial charge in [-0.1, -0.05) is 169 Å². The minimum atomic E-state index is 0.573.